The molecule has 10 heteroatoms. The summed E-state index contributed by atoms with van der Waals surface area (Å²) < 4.78 is 5.72. The van der Waals surface area contributed by atoms with Crippen LogP contribution in [0.25, 0.3) is 0 Å². The Labute approximate surface area is 237 Å². The molecule has 2 aliphatic rings. The maximum absolute atomic E-state index is 12.3. The Morgan fingerprint density at radius 3 is 2.55 bits per heavy atom. The highest BCUT2D eigenvalue weighted by Crippen LogP contribution is 2.60. The van der Waals surface area contributed by atoms with Gasteiger partial charge < -0.3 is 30.5 Å². The van der Waals surface area contributed by atoms with Gasteiger partial charge in [-0.2, -0.15) is 10.2 Å². The molecule has 2 fully saturated rings. The lowest BCUT2D eigenvalue weighted by Crippen LogP contribution is -2.34. The van der Waals surface area contributed by atoms with E-state index in [1.165, 1.54) is 25.1 Å². The Balaban J connectivity index is 1.65. The summed E-state index contributed by atoms with van der Waals surface area (Å²) in [5.41, 5.74) is 2.65. The lowest BCUT2D eigenvalue weighted by atomic mass is 9.80. The summed E-state index contributed by atoms with van der Waals surface area (Å²) in [5, 5.41) is 19.6. The van der Waals surface area contributed by atoms with Crippen LogP contribution >= 0.6 is 0 Å². The minimum absolute atomic E-state index is 0.246. The monoisotopic (exact) mass is 546 g/mol. The van der Waals surface area contributed by atoms with Crippen LogP contribution in [-0.2, 0) is 4.79 Å². The van der Waals surface area contributed by atoms with Crippen molar-refractivity contribution in [1.29, 1.82) is 5.26 Å². The summed E-state index contributed by atoms with van der Waals surface area (Å²) in [7, 11) is 7.59. The minimum Gasteiger partial charge on any atom is -0.494 e. The number of aromatic nitrogens is 2. The maximum Gasteiger partial charge on any atom is 0.247 e. The van der Waals surface area contributed by atoms with Gasteiger partial charge in [-0.1, -0.05) is 27.4 Å². The maximum atomic E-state index is 12.3. The smallest absolute Gasteiger partial charge is 0.247 e. The van der Waals surface area contributed by atoms with E-state index in [1.807, 2.05) is 27.2 Å². The second-order valence-corrected chi connectivity index (χ2v) is 11.8. The van der Waals surface area contributed by atoms with Crippen LogP contribution in [0, 0.1) is 34.5 Å². The summed E-state index contributed by atoms with van der Waals surface area (Å²) in [5.74, 6) is 2.77. The highest BCUT2D eigenvalue weighted by atomic mass is 16.5. The van der Waals surface area contributed by atoms with Gasteiger partial charge in [0.05, 0.1) is 30.4 Å². The topological polar surface area (TPSA) is 118 Å². The number of carbonyl (C=O) groups is 1. The lowest BCUT2D eigenvalue weighted by Gasteiger charge is -2.30. The van der Waals surface area contributed by atoms with E-state index in [-0.39, 0.29) is 17.4 Å². The molecule has 2 aliphatic carbocycles. The number of hydrogen-bond donors (Lipinski definition) is 3. The normalized spacial score (nSPS) is 22.5. The van der Waals surface area contributed by atoms with E-state index in [0.29, 0.717) is 52.2 Å². The number of nitriles is 1. The predicted octanol–water partition coefficient (Wildman–Crippen LogP) is 4.71. The first-order chi connectivity index (χ1) is 19.0. The molecule has 0 aliphatic heterocycles. The SMILES string of the molecule is C=CC(=O)Nc1cc(Nc2ncc(C#N)c(NC3C(C)C4CCC3C4(C)C)n2)c(OC)cc1N(C)CCN(C)C. The first-order valence-electron chi connectivity index (χ1n) is 13.8. The van der Waals surface area contributed by atoms with Crippen molar-refractivity contribution < 1.29 is 9.53 Å². The fourth-order valence-electron chi connectivity index (χ4n) is 6.63. The van der Waals surface area contributed by atoms with E-state index < -0.39 is 0 Å². The number of hydrogen-bond acceptors (Lipinski definition) is 9. The number of likely N-dealkylation sites (N-methyl/N-ethyl adjacent to an activating group) is 2. The molecule has 2 aromatic rings. The van der Waals surface area contributed by atoms with Crippen LogP contribution in [0.3, 0.4) is 0 Å². The van der Waals surface area contributed by atoms with Gasteiger partial charge in [0.25, 0.3) is 0 Å². The molecule has 1 heterocycles. The van der Waals surface area contributed by atoms with Gasteiger partial charge in [-0.3, -0.25) is 4.79 Å². The molecule has 0 saturated heterocycles. The number of anilines is 5. The standard InChI is InChI=1S/C30H42N8O2/c1-9-26(39)33-22-14-23(25(40-8)15-24(22)38(7)13-12-37(5)6)34-29-32-17-19(16-31)28(36-29)35-27-18(2)20-10-11-21(27)30(20,3)4/h9,14-15,17-18,20-21,27H,1,10-13H2,2-8H3,(H,33,39)(H2,32,34,35,36). The zero-order chi connectivity index (χ0) is 29.2. The number of ether oxygens (including phenoxy) is 1. The minimum atomic E-state index is -0.317. The molecule has 2 bridgehead atoms. The zero-order valence-electron chi connectivity index (χ0n) is 24.7. The highest BCUT2D eigenvalue weighted by Gasteiger charge is 2.57. The third-order valence-corrected chi connectivity index (χ3v) is 8.85. The van der Waals surface area contributed by atoms with E-state index in [1.54, 1.807) is 13.2 Å². The summed E-state index contributed by atoms with van der Waals surface area (Å²) in [4.78, 5) is 25.6. The van der Waals surface area contributed by atoms with Gasteiger partial charge in [-0.05, 0) is 62.2 Å². The third-order valence-electron chi connectivity index (χ3n) is 8.85. The van der Waals surface area contributed by atoms with Crippen LogP contribution in [0.5, 0.6) is 5.75 Å². The van der Waals surface area contributed by atoms with Crippen LogP contribution in [0.1, 0.15) is 39.2 Å². The van der Waals surface area contributed by atoms with Crippen LogP contribution in [0.4, 0.5) is 28.8 Å². The molecular weight excluding hydrogens is 504 g/mol. The Hall–Kier alpha value is -3.84. The number of rotatable bonds is 11. The van der Waals surface area contributed by atoms with E-state index in [0.717, 1.165) is 18.8 Å². The molecule has 1 aromatic heterocycles. The van der Waals surface area contributed by atoms with E-state index in [9.17, 15) is 10.1 Å². The van der Waals surface area contributed by atoms with Gasteiger partial charge in [0.2, 0.25) is 11.9 Å². The fraction of sp³-hybridized carbons (Fsp3) is 0.533. The van der Waals surface area contributed by atoms with Crippen LogP contribution in [0.15, 0.2) is 31.0 Å². The molecule has 10 nitrogen and oxygen atoms in total. The van der Waals surface area contributed by atoms with Crippen molar-refractivity contribution in [3.8, 4) is 11.8 Å². The van der Waals surface area contributed by atoms with Gasteiger partial charge in [0.15, 0.2) is 0 Å². The third kappa shape index (κ3) is 5.70. The van der Waals surface area contributed by atoms with Crippen molar-refractivity contribution in [2.75, 3.05) is 62.2 Å². The predicted molar refractivity (Wildman–Crippen MR) is 160 cm³/mol. The van der Waals surface area contributed by atoms with E-state index >= 15 is 0 Å². The number of methoxy groups -OCH3 is 1. The van der Waals surface area contributed by atoms with Crippen molar-refractivity contribution in [2.45, 2.75) is 39.7 Å². The molecule has 4 unspecified atom stereocenters. The van der Waals surface area contributed by atoms with Crippen molar-refractivity contribution >= 4 is 34.7 Å². The Morgan fingerprint density at radius 1 is 1.23 bits per heavy atom. The molecule has 1 amide bonds. The Bertz CT molecular complexity index is 1300. The molecule has 4 atom stereocenters. The van der Waals surface area contributed by atoms with Gasteiger partial charge in [0.1, 0.15) is 23.2 Å². The molecule has 40 heavy (non-hydrogen) atoms. The molecule has 2 saturated carbocycles. The second kappa shape index (κ2) is 11.7. The molecule has 0 radical (unpaired) electrons. The van der Waals surface area contributed by atoms with Gasteiger partial charge >= 0.3 is 0 Å². The number of fused-ring (bicyclic) bond motifs is 2. The van der Waals surface area contributed by atoms with Gasteiger partial charge in [-0.15, -0.1) is 0 Å². The average Bonchev–Trinajstić information content (AvgIpc) is 3.31. The molecule has 3 N–H and O–H groups in total. The molecule has 0 spiro atoms. The first kappa shape index (κ1) is 29.2. The number of carbonyl (C=O) groups excluding carboxylic acids is 1. The van der Waals surface area contributed by atoms with Crippen LogP contribution in [0.2, 0.25) is 0 Å². The number of nitrogens with zero attached hydrogens (tertiary/aromatic N) is 5. The van der Waals surface area contributed by atoms with E-state index in [2.05, 4.69) is 64.2 Å². The number of amides is 1. The first-order valence-corrected chi connectivity index (χ1v) is 13.8. The summed E-state index contributed by atoms with van der Waals surface area (Å²) in [6, 6.07) is 6.16. The van der Waals surface area contributed by atoms with Crippen molar-refractivity contribution in [3.63, 3.8) is 0 Å². The van der Waals surface area contributed by atoms with Gasteiger partial charge in [0, 0.05) is 32.2 Å². The summed E-state index contributed by atoms with van der Waals surface area (Å²) >= 11 is 0. The molecule has 4 rings (SSSR count). The van der Waals surface area contributed by atoms with E-state index in [4.69, 9.17) is 9.72 Å². The zero-order valence-corrected chi connectivity index (χ0v) is 24.7. The quantitative estimate of drug-likeness (QED) is 0.345. The molecule has 214 valence electrons. The largest absolute Gasteiger partial charge is 0.494 e. The van der Waals surface area contributed by atoms with Crippen molar-refractivity contribution in [3.05, 3.63) is 36.5 Å². The average molecular weight is 547 g/mol. The summed E-state index contributed by atoms with van der Waals surface area (Å²) in [6.45, 7) is 12.2. The number of nitrogens with one attached hydrogen (secondary N) is 3. The highest BCUT2D eigenvalue weighted by molar-refractivity contribution is 6.02. The molecule has 1 aromatic carbocycles. The Kier molecular flexibility index (Phi) is 8.54. The number of benzene rings is 1. The van der Waals surface area contributed by atoms with Gasteiger partial charge in [-0.25, -0.2) is 4.98 Å². The Morgan fingerprint density at radius 2 is 1.95 bits per heavy atom. The lowest BCUT2D eigenvalue weighted by molar-refractivity contribution is -0.111. The van der Waals surface area contributed by atoms with Crippen LogP contribution < -0.4 is 25.6 Å². The fourth-order valence-corrected chi connectivity index (χ4v) is 6.63. The molecular formula is C30H42N8O2. The second-order valence-electron chi connectivity index (χ2n) is 11.8. The summed E-state index contributed by atoms with van der Waals surface area (Å²) in [6.07, 6.45) is 5.21. The van der Waals surface area contributed by atoms with Crippen LogP contribution in [-0.4, -0.2) is 68.2 Å². The van der Waals surface area contributed by atoms with Crippen molar-refractivity contribution in [1.82, 2.24) is 14.9 Å². The van der Waals surface area contributed by atoms with Crippen molar-refractivity contribution in [2.24, 2.45) is 23.2 Å².